The van der Waals surface area contributed by atoms with Gasteiger partial charge >= 0.3 is 6.36 Å². The van der Waals surface area contributed by atoms with E-state index in [2.05, 4.69) is 4.74 Å². The second kappa shape index (κ2) is 4.84. The molecule has 0 saturated heterocycles. The monoisotopic (exact) mass is 276 g/mol. The minimum absolute atomic E-state index is 0.130. The number of halogens is 3. The van der Waals surface area contributed by atoms with Crippen molar-refractivity contribution < 1.29 is 22.7 Å². The Morgan fingerprint density at radius 3 is 2.78 bits per heavy atom. The van der Waals surface area contributed by atoms with Crippen LogP contribution in [0.3, 0.4) is 0 Å². The maximum Gasteiger partial charge on any atom is 0.573 e. The van der Waals surface area contributed by atoms with Crippen molar-refractivity contribution >= 4 is 17.5 Å². The Morgan fingerprint density at radius 2 is 2.11 bits per heavy atom. The first-order valence-corrected chi connectivity index (χ1v) is 6.43. The van der Waals surface area contributed by atoms with Crippen molar-refractivity contribution in [2.75, 3.05) is 0 Å². The summed E-state index contributed by atoms with van der Waals surface area (Å²) < 4.78 is 40.1. The van der Waals surface area contributed by atoms with Gasteiger partial charge in [-0.15, -0.1) is 13.2 Å². The quantitative estimate of drug-likeness (QED) is 0.780. The molecule has 0 N–H and O–H groups in total. The smallest absolute Gasteiger partial charge is 0.406 e. The summed E-state index contributed by atoms with van der Waals surface area (Å²) in [7, 11) is 0. The fourth-order valence-corrected chi connectivity index (χ4v) is 2.79. The zero-order chi connectivity index (χ0) is 13.3. The largest absolute Gasteiger partial charge is 0.573 e. The van der Waals surface area contributed by atoms with E-state index in [1.165, 1.54) is 18.2 Å². The fourth-order valence-electron chi connectivity index (χ4n) is 1.80. The van der Waals surface area contributed by atoms with Crippen LogP contribution in [0, 0.1) is 0 Å². The van der Waals surface area contributed by atoms with E-state index in [-0.39, 0.29) is 16.8 Å². The Balaban J connectivity index is 2.31. The lowest BCUT2D eigenvalue weighted by molar-refractivity contribution is -0.274. The van der Waals surface area contributed by atoms with Gasteiger partial charge in [0.2, 0.25) is 0 Å². The van der Waals surface area contributed by atoms with Crippen LogP contribution in [0.5, 0.6) is 5.75 Å². The number of benzene rings is 1. The van der Waals surface area contributed by atoms with Crippen LogP contribution in [0.4, 0.5) is 13.2 Å². The third-order valence-electron chi connectivity index (χ3n) is 2.61. The van der Waals surface area contributed by atoms with Gasteiger partial charge in [0.05, 0.1) is 0 Å². The zero-order valence-electron chi connectivity index (χ0n) is 9.58. The Kier molecular flexibility index (Phi) is 3.56. The van der Waals surface area contributed by atoms with Crippen molar-refractivity contribution in [2.24, 2.45) is 0 Å². The summed E-state index contributed by atoms with van der Waals surface area (Å²) in [5.41, 5.74) is 1.11. The molecule has 0 spiro atoms. The number of fused-ring (bicyclic) bond motifs is 1. The van der Waals surface area contributed by atoms with Gasteiger partial charge in [0.1, 0.15) is 5.75 Å². The zero-order valence-corrected chi connectivity index (χ0v) is 10.4. The summed E-state index contributed by atoms with van der Waals surface area (Å²) >= 11 is 1.62. The third kappa shape index (κ3) is 3.19. The highest BCUT2D eigenvalue weighted by atomic mass is 32.2. The second-order valence-electron chi connectivity index (χ2n) is 4.12. The fraction of sp³-hybridized carbons (Fsp3) is 0.417. The van der Waals surface area contributed by atoms with Crippen LogP contribution in [-0.4, -0.2) is 17.4 Å². The first-order chi connectivity index (χ1) is 8.35. The maximum atomic E-state index is 12.1. The SMILES string of the molecule is CC1CC(=O)c2cc(OC(F)(F)F)ccc2CS1. The summed E-state index contributed by atoms with van der Waals surface area (Å²) in [6.45, 7) is 1.93. The molecule has 1 aromatic rings. The number of rotatable bonds is 1. The molecular formula is C12H11F3O2S. The number of carbonyl (C=O) groups excluding carboxylic acids is 1. The molecule has 0 bridgehead atoms. The number of alkyl halides is 3. The number of carbonyl (C=O) groups is 1. The van der Waals surface area contributed by atoms with Crippen molar-refractivity contribution in [3.63, 3.8) is 0 Å². The highest BCUT2D eigenvalue weighted by molar-refractivity contribution is 7.99. The molecule has 2 nitrogen and oxygen atoms in total. The van der Waals surface area contributed by atoms with Crippen molar-refractivity contribution in [1.29, 1.82) is 0 Å². The molecule has 1 aromatic carbocycles. The van der Waals surface area contributed by atoms with E-state index in [1.54, 1.807) is 11.8 Å². The van der Waals surface area contributed by atoms with Crippen molar-refractivity contribution in [3.05, 3.63) is 29.3 Å². The lowest BCUT2D eigenvalue weighted by Crippen LogP contribution is -2.17. The van der Waals surface area contributed by atoms with Gasteiger partial charge < -0.3 is 4.74 Å². The van der Waals surface area contributed by atoms with Crippen LogP contribution in [-0.2, 0) is 5.75 Å². The minimum atomic E-state index is -4.73. The Labute approximate surface area is 107 Å². The molecule has 1 unspecified atom stereocenters. The number of ether oxygens (including phenoxy) is 1. The minimum Gasteiger partial charge on any atom is -0.406 e. The maximum absolute atomic E-state index is 12.1. The molecule has 18 heavy (non-hydrogen) atoms. The Bertz CT molecular complexity index is 471. The van der Waals surface area contributed by atoms with Gasteiger partial charge in [-0.05, 0) is 17.7 Å². The van der Waals surface area contributed by atoms with Crippen LogP contribution in [0.25, 0.3) is 0 Å². The first-order valence-electron chi connectivity index (χ1n) is 5.38. The van der Waals surface area contributed by atoms with E-state index in [9.17, 15) is 18.0 Å². The van der Waals surface area contributed by atoms with Gasteiger partial charge in [-0.3, -0.25) is 4.79 Å². The van der Waals surface area contributed by atoms with E-state index >= 15 is 0 Å². The molecule has 0 fully saturated rings. The number of thioether (sulfide) groups is 1. The van der Waals surface area contributed by atoms with Gasteiger partial charge in [0.15, 0.2) is 5.78 Å². The third-order valence-corrected chi connectivity index (χ3v) is 3.82. The molecule has 98 valence electrons. The van der Waals surface area contributed by atoms with Gasteiger partial charge in [-0.2, -0.15) is 11.8 Å². The number of ketones is 1. The number of hydrogen-bond donors (Lipinski definition) is 0. The molecular weight excluding hydrogens is 265 g/mol. The van der Waals surface area contributed by atoms with Crippen LogP contribution in [0.1, 0.15) is 29.3 Å². The topological polar surface area (TPSA) is 26.3 Å². The second-order valence-corrected chi connectivity index (χ2v) is 5.54. The standard InChI is InChI=1S/C12H11F3O2S/c1-7-4-11(16)10-5-9(17-12(13,14)15)3-2-8(10)6-18-7/h2-3,5,7H,4,6H2,1H3. The molecule has 0 radical (unpaired) electrons. The molecule has 2 rings (SSSR count). The number of Topliss-reactive ketones (excluding diaryl/α,β-unsaturated/α-hetero) is 1. The van der Waals surface area contributed by atoms with Gasteiger partial charge in [-0.25, -0.2) is 0 Å². The highest BCUT2D eigenvalue weighted by Gasteiger charge is 2.31. The summed E-state index contributed by atoms with van der Waals surface area (Å²) in [6.07, 6.45) is -4.39. The molecule has 6 heteroatoms. The van der Waals surface area contributed by atoms with Crippen LogP contribution in [0.2, 0.25) is 0 Å². The van der Waals surface area contributed by atoms with E-state index in [4.69, 9.17) is 0 Å². The molecule has 0 saturated carbocycles. The summed E-state index contributed by atoms with van der Waals surface area (Å²) in [6, 6.07) is 3.96. The normalized spacial score (nSPS) is 20.2. The molecule has 1 aliphatic heterocycles. The van der Waals surface area contributed by atoms with Gasteiger partial charge in [-0.1, -0.05) is 13.0 Å². The van der Waals surface area contributed by atoms with Crippen molar-refractivity contribution in [3.8, 4) is 5.75 Å². The summed E-state index contributed by atoms with van der Waals surface area (Å²) in [5, 5.41) is 0.178. The van der Waals surface area contributed by atoms with Crippen molar-refractivity contribution in [1.82, 2.24) is 0 Å². The van der Waals surface area contributed by atoms with Gasteiger partial charge in [0, 0.05) is 23.0 Å². The predicted octanol–water partition coefficient (Wildman–Crippen LogP) is 3.79. The summed E-state index contributed by atoms with van der Waals surface area (Å²) in [5.74, 6) is 0.165. The van der Waals surface area contributed by atoms with E-state index in [0.29, 0.717) is 17.7 Å². The highest BCUT2D eigenvalue weighted by Crippen LogP contribution is 2.32. The average Bonchev–Trinajstić information content (AvgIpc) is 2.37. The molecule has 1 heterocycles. The van der Waals surface area contributed by atoms with E-state index in [0.717, 1.165) is 5.56 Å². The first kappa shape index (κ1) is 13.3. The molecule has 1 aliphatic rings. The van der Waals surface area contributed by atoms with Crippen molar-refractivity contribution in [2.45, 2.75) is 30.7 Å². The van der Waals surface area contributed by atoms with Crippen LogP contribution in [0.15, 0.2) is 18.2 Å². The molecule has 0 aromatic heterocycles. The Morgan fingerprint density at radius 1 is 1.39 bits per heavy atom. The van der Waals surface area contributed by atoms with E-state index < -0.39 is 6.36 Å². The van der Waals surface area contributed by atoms with E-state index in [1.807, 2.05) is 6.92 Å². The lowest BCUT2D eigenvalue weighted by Gasteiger charge is -2.11. The molecule has 0 aliphatic carbocycles. The predicted molar refractivity (Wildman–Crippen MR) is 62.8 cm³/mol. The molecule has 1 atom stereocenters. The molecule has 0 amide bonds. The number of hydrogen-bond acceptors (Lipinski definition) is 3. The van der Waals surface area contributed by atoms with Crippen LogP contribution < -0.4 is 4.74 Å². The average molecular weight is 276 g/mol. The summed E-state index contributed by atoms with van der Waals surface area (Å²) in [4.78, 5) is 11.9. The Hall–Kier alpha value is -1.17. The van der Waals surface area contributed by atoms with Gasteiger partial charge in [0.25, 0.3) is 0 Å². The lowest BCUT2D eigenvalue weighted by atomic mass is 10.0. The van der Waals surface area contributed by atoms with Crippen LogP contribution >= 0.6 is 11.8 Å².